The Morgan fingerprint density at radius 2 is 1.39 bits per heavy atom. The van der Waals surface area contributed by atoms with Crippen molar-refractivity contribution in [2.24, 2.45) is 0 Å². The normalized spacial score (nSPS) is 17.9. The minimum Gasteiger partial charge on any atom is -0.508 e. The van der Waals surface area contributed by atoms with E-state index in [9.17, 15) is 63.6 Å². The summed E-state index contributed by atoms with van der Waals surface area (Å²) in [7, 11) is 0. The number of aliphatic hydroxyl groups excluding tert-OH is 1. The summed E-state index contributed by atoms with van der Waals surface area (Å²) >= 11 is 0. The average molecular weight is 962 g/mol. The maximum Gasteiger partial charge on any atom is 0.326 e. The molecule has 2 aliphatic heterocycles. The van der Waals surface area contributed by atoms with Gasteiger partial charge in [-0.2, -0.15) is 0 Å². The number of nitrogens with one attached hydrogen (secondary N) is 5. The lowest BCUT2D eigenvalue weighted by atomic mass is 10.0. The summed E-state index contributed by atoms with van der Waals surface area (Å²) in [6, 6.07) is 6.06. The molecule has 0 saturated carbocycles. The van der Waals surface area contributed by atoms with Crippen LogP contribution >= 0.6 is 0 Å². The first-order valence-electron chi connectivity index (χ1n) is 23.7. The van der Waals surface area contributed by atoms with Gasteiger partial charge in [0.1, 0.15) is 47.7 Å². The molecule has 2 aromatic rings. The van der Waals surface area contributed by atoms with Crippen LogP contribution in [0.1, 0.15) is 121 Å². The molecule has 20 heteroatoms. The summed E-state index contributed by atoms with van der Waals surface area (Å²) in [5, 5.41) is 52.5. The molecule has 0 radical (unpaired) electrons. The highest BCUT2D eigenvalue weighted by Crippen LogP contribution is 2.23. The number of carboxylic acid groups (broad SMARTS) is 2. The Hall–Kier alpha value is -6.83. The molecule has 4 rings (SSSR count). The molecule has 2 aliphatic rings. The van der Waals surface area contributed by atoms with Crippen LogP contribution < -0.4 is 26.6 Å². The fourth-order valence-electron chi connectivity index (χ4n) is 8.40. The molecular weight excluding hydrogens is 895 g/mol. The van der Waals surface area contributed by atoms with Crippen molar-refractivity contribution in [1.29, 1.82) is 0 Å². The van der Waals surface area contributed by atoms with E-state index in [4.69, 9.17) is 0 Å². The molecule has 69 heavy (non-hydrogen) atoms. The molecule has 7 unspecified atom stereocenters. The summed E-state index contributed by atoms with van der Waals surface area (Å²) in [4.78, 5) is 122. The maximum absolute atomic E-state index is 14.2. The van der Waals surface area contributed by atoms with Gasteiger partial charge in [-0.25, -0.2) is 4.79 Å². The van der Waals surface area contributed by atoms with Crippen molar-refractivity contribution in [3.8, 4) is 5.75 Å². The SMILES string of the molecule is CC=C(NC(=O)CC(O)CCCCCCC)C(=O)N1CCCC1C(=O)NC(CCC(=O)O)C(=O)NC(C)C(=O)NC(C(=O)NC(Cc1ccccc1)C(=O)N1CCCC1C(=O)O)c1ccc(O)cc1. The number of amides is 7. The number of aliphatic hydroxyl groups is 1. The Kier molecular flexibility index (Phi) is 21.6. The molecular formula is C49H67N7O13. The van der Waals surface area contributed by atoms with Gasteiger partial charge in [0.2, 0.25) is 35.4 Å². The number of rotatable bonds is 26. The number of carbonyl (C=O) groups excluding carboxylic acids is 7. The van der Waals surface area contributed by atoms with Gasteiger partial charge in [-0.05, 0) is 75.6 Å². The Morgan fingerprint density at radius 3 is 2.03 bits per heavy atom. The van der Waals surface area contributed by atoms with Gasteiger partial charge >= 0.3 is 11.9 Å². The largest absolute Gasteiger partial charge is 0.508 e. The van der Waals surface area contributed by atoms with Crippen molar-refractivity contribution in [3.63, 3.8) is 0 Å². The summed E-state index contributed by atoms with van der Waals surface area (Å²) in [5.74, 6) is -8.03. The van der Waals surface area contributed by atoms with Gasteiger partial charge in [-0.1, -0.05) is 87.6 Å². The minimum absolute atomic E-state index is 0.0232. The zero-order chi connectivity index (χ0) is 50.6. The van der Waals surface area contributed by atoms with Gasteiger partial charge in [0.15, 0.2) is 0 Å². The van der Waals surface area contributed by atoms with Gasteiger partial charge in [-0.3, -0.25) is 38.4 Å². The molecule has 7 atom stereocenters. The number of allylic oxidation sites excluding steroid dienone is 1. The Labute approximate surface area is 401 Å². The molecule has 2 fully saturated rings. The van der Waals surface area contributed by atoms with Gasteiger partial charge in [-0.15, -0.1) is 0 Å². The number of phenols is 1. The summed E-state index contributed by atoms with van der Waals surface area (Å²) in [6.07, 6.45) is 5.82. The molecule has 7 amide bonds. The number of aliphatic carboxylic acids is 2. The summed E-state index contributed by atoms with van der Waals surface area (Å²) in [5.41, 5.74) is 0.717. The average Bonchev–Trinajstić information content (AvgIpc) is 4.03. The van der Waals surface area contributed by atoms with E-state index in [0.717, 1.165) is 32.1 Å². The first kappa shape index (κ1) is 54.8. The topological polar surface area (TPSA) is 301 Å². The monoisotopic (exact) mass is 961 g/mol. The highest BCUT2D eigenvalue weighted by Gasteiger charge is 2.40. The highest BCUT2D eigenvalue weighted by atomic mass is 16.4. The zero-order valence-electron chi connectivity index (χ0n) is 39.5. The predicted molar refractivity (Wildman–Crippen MR) is 250 cm³/mol. The molecule has 2 saturated heterocycles. The summed E-state index contributed by atoms with van der Waals surface area (Å²) < 4.78 is 0. The molecule has 20 nitrogen and oxygen atoms in total. The first-order chi connectivity index (χ1) is 32.9. The molecule has 9 N–H and O–H groups in total. The van der Waals surface area contributed by atoms with Crippen LogP contribution in [0.15, 0.2) is 66.4 Å². The number of likely N-dealkylation sites (tertiary alicyclic amines) is 2. The van der Waals surface area contributed by atoms with Crippen LogP contribution in [0.25, 0.3) is 0 Å². The fourth-order valence-corrected chi connectivity index (χ4v) is 8.40. The van der Waals surface area contributed by atoms with Crippen molar-refractivity contribution >= 4 is 53.3 Å². The smallest absolute Gasteiger partial charge is 0.326 e. The maximum atomic E-state index is 14.2. The third-order valence-electron chi connectivity index (χ3n) is 12.2. The zero-order valence-corrected chi connectivity index (χ0v) is 39.5. The second kappa shape index (κ2) is 27.2. The lowest BCUT2D eigenvalue weighted by Crippen LogP contribution is -2.57. The van der Waals surface area contributed by atoms with E-state index < -0.39 is 108 Å². The lowest BCUT2D eigenvalue weighted by Gasteiger charge is -2.29. The molecule has 2 heterocycles. The van der Waals surface area contributed by atoms with E-state index in [0.29, 0.717) is 24.8 Å². The van der Waals surface area contributed by atoms with Gasteiger partial charge in [0.25, 0.3) is 5.91 Å². The van der Waals surface area contributed by atoms with Gasteiger partial charge in [0, 0.05) is 25.9 Å². The van der Waals surface area contributed by atoms with Gasteiger partial charge in [0.05, 0.1) is 12.5 Å². The molecule has 2 aromatic carbocycles. The summed E-state index contributed by atoms with van der Waals surface area (Å²) in [6.45, 7) is 5.20. The van der Waals surface area contributed by atoms with E-state index >= 15 is 0 Å². The third-order valence-corrected chi connectivity index (χ3v) is 12.2. The second-order valence-corrected chi connectivity index (χ2v) is 17.5. The van der Waals surface area contributed by atoms with E-state index in [-0.39, 0.29) is 55.8 Å². The van der Waals surface area contributed by atoms with Crippen LogP contribution in [0.5, 0.6) is 5.75 Å². The van der Waals surface area contributed by atoms with Crippen molar-refractivity contribution in [1.82, 2.24) is 36.4 Å². The minimum atomic E-state index is -1.52. The van der Waals surface area contributed by atoms with Crippen molar-refractivity contribution in [2.45, 2.75) is 153 Å². The number of carboxylic acids is 2. The van der Waals surface area contributed by atoms with Crippen molar-refractivity contribution in [3.05, 3.63) is 77.5 Å². The number of hydrogen-bond acceptors (Lipinski definition) is 11. The van der Waals surface area contributed by atoms with Crippen molar-refractivity contribution in [2.75, 3.05) is 13.1 Å². The lowest BCUT2D eigenvalue weighted by molar-refractivity contribution is -0.149. The van der Waals surface area contributed by atoms with E-state index in [1.54, 1.807) is 30.3 Å². The van der Waals surface area contributed by atoms with Crippen LogP contribution in [0.3, 0.4) is 0 Å². The van der Waals surface area contributed by atoms with Crippen LogP contribution in [0, 0.1) is 0 Å². The van der Waals surface area contributed by atoms with Crippen molar-refractivity contribution < 1.29 is 63.6 Å². The van der Waals surface area contributed by atoms with Crippen LogP contribution in [-0.4, -0.2) is 133 Å². The van der Waals surface area contributed by atoms with Gasteiger partial charge < -0.3 is 56.8 Å². The number of nitrogens with zero attached hydrogens (tertiary/aromatic N) is 2. The number of benzene rings is 2. The number of aromatic hydroxyl groups is 1. The third kappa shape index (κ3) is 16.7. The molecule has 376 valence electrons. The van der Waals surface area contributed by atoms with Crippen LogP contribution in [0.2, 0.25) is 0 Å². The van der Waals surface area contributed by atoms with E-state index in [1.807, 2.05) is 0 Å². The number of hydrogen-bond donors (Lipinski definition) is 9. The predicted octanol–water partition coefficient (Wildman–Crippen LogP) is 2.33. The number of carbonyl (C=O) groups is 9. The molecule has 0 spiro atoms. The number of unbranched alkanes of at least 4 members (excludes halogenated alkanes) is 4. The number of phenolic OH excluding ortho intramolecular Hbond substituents is 1. The highest BCUT2D eigenvalue weighted by molar-refractivity contribution is 6.01. The Bertz CT molecular complexity index is 2150. The van der Waals surface area contributed by atoms with E-state index in [1.165, 1.54) is 54.0 Å². The Morgan fingerprint density at radius 1 is 0.739 bits per heavy atom. The van der Waals surface area contributed by atoms with Crippen LogP contribution in [0.4, 0.5) is 0 Å². The Balaban J connectivity index is 1.46. The standard InChI is InChI=1S/C49H67N7O13/c1-4-6-7-8-12-17-34(58)29-40(59)51-35(5-2)47(66)55-26-13-18-38(55)45(64)52-36(24-25-41(60)61)44(63)50-30(3)43(62)54-42(32-20-22-33(57)23-21-32)46(65)53-37(28-31-15-10-9-11-16-31)48(67)56-27-14-19-39(56)49(68)69/h5,9-11,15-16,20-23,30,34,36-39,42,57-58H,4,6-8,12-14,17-19,24-29H2,1-3H3,(H,50,63)(H,51,59)(H,52,64)(H,53,65)(H,54,62)(H,60,61)(H,68,69). The second-order valence-electron chi connectivity index (χ2n) is 17.5. The molecule has 0 bridgehead atoms. The quantitative estimate of drug-likeness (QED) is 0.0484. The molecule has 0 aromatic heterocycles. The molecule has 0 aliphatic carbocycles. The van der Waals surface area contributed by atoms with Crippen LogP contribution in [-0.2, 0) is 49.6 Å². The van der Waals surface area contributed by atoms with E-state index in [2.05, 4.69) is 33.5 Å². The fraction of sp³-hybridized carbons (Fsp3) is 0.531. The first-order valence-corrected chi connectivity index (χ1v) is 23.7.